The van der Waals surface area contributed by atoms with E-state index in [9.17, 15) is 24.4 Å². The van der Waals surface area contributed by atoms with Gasteiger partial charge in [0.05, 0.1) is 26.1 Å². The number of ether oxygens (including phenoxy) is 4. The monoisotopic (exact) mass is 743 g/mol. The van der Waals surface area contributed by atoms with Crippen molar-refractivity contribution in [3.05, 3.63) is 83.8 Å². The summed E-state index contributed by atoms with van der Waals surface area (Å²) in [6, 6.07) is 15.6. The number of esters is 2. The number of aliphatic hydroxyl groups excluding tert-OH is 1. The number of nitrogens with two attached hydrogens (primary N) is 1. The van der Waals surface area contributed by atoms with E-state index in [1.54, 1.807) is 62.4 Å². The van der Waals surface area contributed by atoms with E-state index in [0.29, 0.717) is 5.69 Å². The van der Waals surface area contributed by atoms with Crippen LogP contribution in [0.4, 0.5) is 5.82 Å². The highest BCUT2D eigenvalue weighted by Crippen LogP contribution is 2.45. The SMILES string of the molecule is CCOC(=O)[C@H](Cc1ccccc1)NP(=O)(N[C@@H](Cc1ccccc1)C(=O)OCC)OC[C@H]1O[C@@H](n2cnc3c2N=C(N)NC3OC)C(C)(O)[C@H]1O. The standard InChI is InChI=1S/C34H46N7O10P/c1-5-48-30(43)23(17-21-13-9-7-10-14-21)39-52(46,40-24(31(44)49-6-2)18-22-15-11-8-12-16-22)50-19-25-27(42)34(3,45)32(51-25)41-20-36-26-28(41)37-33(35)38-29(26)47-4/h7-16,20,23-25,27,29,32,42,45H,5-6,17-19H2,1-4H3,(H3,35,37,38)(H2,39,40,46)/t23-,24-,25+,27-,29?,32+,34?/m0/s1. The molecule has 0 saturated carbocycles. The van der Waals surface area contributed by atoms with Crippen LogP contribution in [0.25, 0.3) is 0 Å². The van der Waals surface area contributed by atoms with Crippen LogP contribution in [0.1, 0.15) is 50.0 Å². The second-order valence-corrected chi connectivity index (χ2v) is 14.3. The van der Waals surface area contributed by atoms with Gasteiger partial charge in [0.1, 0.15) is 35.6 Å². The summed E-state index contributed by atoms with van der Waals surface area (Å²) >= 11 is 0. The first-order valence-corrected chi connectivity index (χ1v) is 18.5. The van der Waals surface area contributed by atoms with E-state index in [-0.39, 0.29) is 37.8 Å². The number of hydrogen-bond acceptors (Lipinski definition) is 14. The topological polar surface area (TPSA) is 230 Å². The fourth-order valence-electron chi connectivity index (χ4n) is 5.99. The predicted octanol–water partition coefficient (Wildman–Crippen LogP) is 1.74. The molecule has 2 unspecified atom stereocenters. The Morgan fingerprint density at radius 2 is 1.56 bits per heavy atom. The Morgan fingerprint density at radius 1 is 1.02 bits per heavy atom. The third kappa shape index (κ3) is 9.05. The number of guanidine groups is 1. The van der Waals surface area contributed by atoms with Gasteiger partial charge in [-0.3, -0.25) is 18.7 Å². The van der Waals surface area contributed by atoms with Gasteiger partial charge in [0.25, 0.3) is 0 Å². The number of aliphatic imine (C=N–C) groups is 1. The zero-order valence-electron chi connectivity index (χ0n) is 29.4. The number of aliphatic hydroxyl groups is 2. The van der Waals surface area contributed by atoms with E-state index < -0.39 is 68.6 Å². The minimum Gasteiger partial charge on any atom is -0.465 e. The minimum atomic E-state index is -4.46. The molecule has 0 bridgehead atoms. The lowest BCUT2D eigenvalue weighted by Gasteiger charge is -2.30. The number of imidazole rings is 1. The number of carbonyl (C=O) groups is 2. The molecule has 1 saturated heterocycles. The van der Waals surface area contributed by atoms with Crippen LogP contribution in [-0.4, -0.2) is 94.5 Å². The highest BCUT2D eigenvalue weighted by molar-refractivity contribution is 7.54. The number of aromatic nitrogens is 2. The Balaban J connectivity index is 1.45. The van der Waals surface area contributed by atoms with Crippen LogP contribution in [0.2, 0.25) is 0 Å². The maximum absolute atomic E-state index is 14.9. The first-order chi connectivity index (χ1) is 24.9. The number of benzene rings is 2. The Labute approximate surface area is 301 Å². The van der Waals surface area contributed by atoms with Gasteiger partial charge in [-0.1, -0.05) is 60.7 Å². The lowest BCUT2D eigenvalue weighted by molar-refractivity contribution is -0.145. The first kappa shape index (κ1) is 39.0. The van der Waals surface area contributed by atoms with Gasteiger partial charge in [-0.15, -0.1) is 0 Å². The van der Waals surface area contributed by atoms with Crippen molar-refractivity contribution in [1.82, 2.24) is 25.0 Å². The van der Waals surface area contributed by atoms with Crippen LogP contribution in [0.15, 0.2) is 72.0 Å². The number of fused-ring (bicyclic) bond motifs is 1. The van der Waals surface area contributed by atoms with Crippen LogP contribution in [0.5, 0.6) is 0 Å². The molecule has 0 aliphatic carbocycles. The minimum absolute atomic E-state index is 0.0376. The predicted molar refractivity (Wildman–Crippen MR) is 188 cm³/mol. The van der Waals surface area contributed by atoms with Crippen molar-refractivity contribution in [1.29, 1.82) is 0 Å². The molecule has 3 aromatic rings. The van der Waals surface area contributed by atoms with Crippen LogP contribution in [-0.2, 0) is 50.5 Å². The molecule has 18 heteroatoms. The number of rotatable bonds is 17. The molecule has 3 heterocycles. The van der Waals surface area contributed by atoms with E-state index in [4.69, 9.17) is 29.2 Å². The fourth-order valence-corrected chi connectivity index (χ4v) is 7.78. The highest BCUT2D eigenvalue weighted by atomic mass is 31.2. The first-order valence-electron chi connectivity index (χ1n) is 16.9. The molecule has 17 nitrogen and oxygen atoms in total. The smallest absolute Gasteiger partial charge is 0.342 e. The molecule has 5 rings (SSSR count). The van der Waals surface area contributed by atoms with Gasteiger partial charge in [0.15, 0.2) is 24.2 Å². The lowest BCUT2D eigenvalue weighted by Crippen LogP contribution is -2.47. The molecule has 1 aromatic heterocycles. The van der Waals surface area contributed by atoms with Crippen LogP contribution in [0.3, 0.4) is 0 Å². The largest absolute Gasteiger partial charge is 0.465 e. The number of methoxy groups -OCH3 is 1. The number of nitrogens with one attached hydrogen (secondary N) is 3. The molecule has 2 aromatic carbocycles. The Bertz CT molecular complexity index is 1670. The van der Waals surface area contributed by atoms with Gasteiger partial charge in [0.2, 0.25) is 0 Å². The van der Waals surface area contributed by atoms with Crippen molar-refractivity contribution in [2.75, 3.05) is 26.9 Å². The van der Waals surface area contributed by atoms with Crippen molar-refractivity contribution in [2.45, 2.75) is 76.0 Å². The maximum atomic E-state index is 14.9. The van der Waals surface area contributed by atoms with Crippen molar-refractivity contribution >= 4 is 31.4 Å². The Hall–Kier alpha value is -4.19. The Kier molecular flexibility index (Phi) is 12.8. The van der Waals surface area contributed by atoms with E-state index in [0.717, 1.165) is 11.1 Å². The fraction of sp³-hybridized carbons (Fsp3) is 0.471. The summed E-state index contributed by atoms with van der Waals surface area (Å²) in [5.74, 6) is -1.15. The second-order valence-electron chi connectivity index (χ2n) is 12.4. The van der Waals surface area contributed by atoms with Crippen molar-refractivity contribution < 1.29 is 47.8 Å². The van der Waals surface area contributed by atoms with Gasteiger partial charge in [-0.25, -0.2) is 15.2 Å². The molecule has 282 valence electrons. The average Bonchev–Trinajstić information content (AvgIpc) is 3.64. The number of nitrogens with zero attached hydrogens (tertiary/aromatic N) is 3. The van der Waals surface area contributed by atoms with E-state index in [2.05, 4.69) is 25.5 Å². The summed E-state index contributed by atoms with van der Waals surface area (Å²) in [6.45, 7) is 4.19. The molecule has 0 radical (unpaired) electrons. The molecular formula is C34H46N7O10P. The van der Waals surface area contributed by atoms with E-state index in [1.807, 2.05) is 12.1 Å². The van der Waals surface area contributed by atoms with Crippen molar-refractivity contribution in [3.63, 3.8) is 0 Å². The van der Waals surface area contributed by atoms with Gasteiger partial charge < -0.3 is 44.7 Å². The molecule has 7 N–H and O–H groups in total. The quantitative estimate of drug-likeness (QED) is 0.0855. The molecule has 0 spiro atoms. The van der Waals surface area contributed by atoms with Gasteiger partial charge in [-0.05, 0) is 44.7 Å². The lowest BCUT2D eigenvalue weighted by atomic mass is 9.96. The van der Waals surface area contributed by atoms with E-state index >= 15 is 0 Å². The van der Waals surface area contributed by atoms with Gasteiger partial charge in [0, 0.05) is 7.11 Å². The van der Waals surface area contributed by atoms with Crippen LogP contribution < -0.4 is 21.2 Å². The highest BCUT2D eigenvalue weighted by Gasteiger charge is 2.54. The van der Waals surface area contributed by atoms with Crippen molar-refractivity contribution in [3.8, 4) is 0 Å². The van der Waals surface area contributed by atoms with Crippen LogP contribution in [0, 0.1) is 0 Å². The normalized spacial score (nSPS) is 23.9. The third-order valence-electron chi connectivity index (χ3n) is 8.57. The second kappa shape index (κ2) is 17.1. The molecule has 2 aliphatic rings. The zero-order valence-corrected chi connectivity index (χ0v) is 30.3. The zero-order chi connectivity index (χ0) is 37.5. The summed E-state index contributed by atoms with van der Waals surface area (Å²) in [5, 5.41) is 31.3. The molecule has 52 heavy (non-hydrogen) atoms. The summed E-state index contributed by atoms with van der Waals surface area (Å²) in [4.78, 5) is 35.2. The summed E-state index contributed by atoms with van der Waals surface area (Å²) in [6.07, 6.45) is -3.35. The molecule has 0 amide bonds. The van der Waals surface area contributed by atoms with Crippen molar-refractivity contribution in [2.24, 2.45) is 10.7 Å². The summed E-state index contributed by atoms with van der Waals surface area (Å²) in [5.41, 5.74) is 5.85. The summed E-state index contributed by atoms with van der Waals surface area (Å²) < 4.78 is 44.5. The molecule has 7 atom stereocenters. The Morgan fingerprint density at radius 3 is 2.06 bits per heavy atom. The van der Waals surface area contributed by atoms with Gasteiger partial charge >= 0.3 is 19.6 Å². The average molecular weight is 744 g/mol. The van der Waals surface area contributed by atoms with E-state index in [1.165, 1.54) is 24.9 Å². The number of carbonyl (C=O) groups excluding carboxylic acids is 2. The van der Waals surface area contributed by atoms with Crippen LogP contribution >= 0.6 is 7.67 Å². The molecular weight excluding hydrogens is 697 g/mol. The number of hydrogen-bond donors (Lipinski definition) is 6. The maximum Gasteiger partial charge on any atom is 0.342 e. The summed E-state index contributed by atoms with van der Waals surface area (Å²) in [7, 11) is -3.00. The molecule has 2 aliphatic heterocycles. The van der Waals surface area contributed by atoms with Gasteiger partial charge in [-0.2, -0.15) is 4.99 Å². The third-order valence-corrected chi connectivity index (χ3v) is 10.4. The molecule has 1 fully saturated rings.